The number of carbonyl (C=O) groups is 1. The van der Waals surface area contributed by atoms with Crippen molar-refractivity contribution in [3.63, 3.8) is 0 Å². The minimum absolute atomic E-state index is 0.0574. The van der Waals surface area contributed by atoms with Gasteiger partial charge in [-0.15, -0.1) is 0 Å². The number of amides is 1. The molecule has 0 saturated carbocycles. The number of nitrogens with zero attached hydrogens (tertiary/aromatic N) is 5. The predicted molar refractivity (Wildman–Crippen MR) is 104 cm³/mol. The first-order chi connectivity index (χ1) is 13.0. The van der Waals surface area contributed by atoms with Gasteiger partial charge >= 0.3 is 0 Å². The summed E-state index contributed by atoms with van der Waals surface area (Å²) in [5.74, 6) is -0.357. The van der Waals surface area contributed by atoms with Crippen molar-refractivity contribution in [3.05, 3.63) is 57.2 Å². The molecule has 10 heteroatoms. The Morgan fingerprint density at radius 2 is 2.00 bits per heavy atom. The van der Waals surface area contributed by atoms with Gasteiger partial charge in [0.25, 0.3) is 11.6 Å². The number of aromatic nitrogens is 2. The van der Waals surface area contributed by atoms with Gasteiger partial charge in [0.15, 0.2) is 5.13 Å². The molecule has 3 aromatic rings. The molecule has 0 atom stereocenters. The summed E-state index contributed by atoms with van der Waals surface area (Å²) in [5.41, 5.74) is 0.641. The third-order valence-electron chi connectivity index (χ3n) is 4.38. The van der Waals surface area contributed by atoms with E-state index in [1.807, 2.05) is 12.1 Å². The quantitative estimate of drug-likeness (QED) is 0.492. The number of anilines is 1. The van der Waals surface area contributed by atoms with Gasteiger partial charge in [0.2, 0.25) is 0 Å². The lowest BCUT2D eigenvalue weighted by molar-refractivity contribution is -0.385. The highest BCUT2D eigenvalue weighted by molar-refractivity contribution is 7.21. The maximum absolute atomic E-state index is 12.8. The van der Waals surface area contributed by atoms with Gasteiger partial charge in [0.05, 0.1) is 4.92 Å². The number of benzene rings is 1. The Bertz CT molecular complexity index is 999. The second-order valence-corrected chi connectivity index (χ2v) is 7.41. The number of thiazole rings is 1. The Labute approximate surface area is 163 Å². The van der Waals surface area contributed by atoms with Crippen molar-refractivity contribution in [3.8, 4) is 0 Å². The minimum Gasteiger partial charge on any atom is -0.344 e. The Balaban J connectivity index is 1.49. The van der Waals surface area contributed by atoms with Crippen molar-refractivity contribution in [2.75, 3.05) is 31.1 Å². The van der Waals surface area contributed by atoms with Crippen LogP contribution in [-0.2, 0) is 0 Å². The standard InChI is InChI=1S/C17H14ClN5O3S/c18-11-3-4-12(14(10-11)23(25)26)16(24)21-6-8-22(9-7-21)17-20-13-2-1-5-19-15(13)27-17/h1-5,10H,6-9H2. The summed E-state index contributed by atoms with van der Waals surface area (Å²) in [7, 11) is 0. The van der Waals surface area contributed by atoms with Crippen molar-refractivity contribution < 1.29 is 9.72 Å². The number of carbonyl (C=O) groups excluding carboxylic acids is 1. The average Bonchev–Trinajstić information content (AvgIpc) is 3.11. The largest absolute Gasteiger partial charge is 0.344 e. The van der Waals surface area contributed by atoms with Crippen LogP contribution in [0.5, 0.6) is 0 Å². The zero-order chi connectivity index (χ0) is 19.0. The van der Waals surface area contributed by atoms with Gasteiger partial charge in [-0.3, -0.25) is 14.9 Å². The zero-order valence-corrected chi connectivity index (χ0v) is 15.6. The summed E-state index contributed by atoms with van der Waals surface area (Å²) in [6.45, 7) is 2.13. The fourth-order valence-electron chi connectivity index (χ4n) is 3.00. The van der Waals surface area contributed by atoms with Crippen LogP contribution in [0.15, 0.2) is 36.5 Å². The second kappa shape index (κ2) is 7.09. The van der Waals surface area contributed by atoms with Crippen LogP contribution in [0, 0.1) is 10.1 Å². The fourth-order valence-corrected chi connectivity index (χ4v) is 4.13. The molecule has 27 heavy (non-hydrogen) atoms. The van der Waals surface area contributed by atoms with E-state index in [2.05, 4.69) is 14.9 Å². The smallest absolute Gasteiger partial charge is 0.283 e. The lowest BCUT2D eigenvalue weighted by Crippen LogP contribution is -2.48. The summed E-state index contributed by atoms with van der Waals surface area (Å²) < 4.78 is 0. The molecule has 0 spiro atoms. The highest BCUT2D eigenvalue weighted by Gasteiger charge is 2.28. The Kier molecular flexibility index (Phi) is 4.63. The number of nitro groups is 1. The third kappa shape index (κ3) is 3.43. The maximum atomic E-state index is 12.8. The molecule has 8 nitrogen and oxygen atoms in total. The summed E-state index contributed by atoms with van der Waals surface area (Å²) >= 11 is 7.34. The van der Waals surface area contributed by atoms with E-state index < -0.39 is 4.92 Å². The van der Waals surface area contributed by atoms with E-state index in [1.54, 1.807) is 11.1 Å². The van der Waals surface area contributed by atoms with E-state index in [-0.39, 0.29) is 22.2 Å². The average molecular weight is 404 g/mol. The van der Waals surface area contributed by atoms with Crippen LogP contribution in [0.4, 0.5) is 10.8 Å². The molecule has 1 aliphatic heterocycles. The number of halogens is 1. The Morgan fingerprint density at radius 1 is 1.22 bits per heavy atom. The van der Waals surface area contributed by atoms with Gasteiger partial charge in [-0.1, -0.05) is 22.9 Å². The minimum atomic E-state index is -0.580. The molecule has 1 saturated heterocycles. The number of piperazine rings is 1. The molecule has 138 valence electrons. The first kappa shape index (κ1) is 17.6. The number of pyridine rings is 1. The molecule has 0 bridgehead atoms. The highest BCUT2D eigenvalue weighted by atomic mass is 35.5. The number of rotatable bonds is 3. The van der Waals surface area contributed by atoms with Crippen molar-refractivity contribution in [2.45, 2.75) is 0 Å². The van der Waals surface area contributed by atoms with Crippen molar-refractivity contribution in [1.29, 1.82) is 0 Å². The number of nitro benzene ring substituents is 1. The molecule has 0 radical (unpaired) electrons. The topological polar surface area (TPSA) is 92.5 Å². The van der Waals surface area contributed by atoms with Crippen LogP contribution >= 0.6 is 22.9 Å². The van der Waals surface area contributed by atoms with E-state index in [4.69, 9.17) is 11.6 Å². The number of hydrogen-bond donors (Lipinski definition) is 0. The first-order valence-corrected chi connectivity index (χ1v) is 9.42. The van der Waals surface area contributed by atoms with Crippen molar-refractivity contribution in [1.82, 2.24) is 14.9 Å². The van der Waals surface area contributed by atoms with E-state index in [0.717, 1.165) is 15.5 Å². The van der Waals surface area contributed by atoms with Crippen LogP contribution in [0.25, 0.3) is 10.3 Å². The molecule has 1 amide bonds. The number of fused-ring (bicyclic) bond motifs is 1. The van der Waals surface area contributed by atoms with Gasteiger partial charge < -0.3 is 9.80 Å². The first-order valence-electron chi connectivity index (χ1n) is 8.22. The fraction of sp³-hybridized carbons (Fsp3) is 0.235. The van der Waals surface area contributed by atoms with Crippen LogP contribution in [0.1, 0.15) is 10.4 Å². The van der Waals surface area contributed by atoms with Gasteiger partial charge in [0, 0.05) is 43.5 Å². The predicted octanol–water partition coefficient (Wildman–Crippen LogP) is 3.22. The van der Waals surface area contributed by atoms with Crippen LogP contribution in [0.3, 0.4) is 0 Å². The summed E-state index contributed by atoms with van der Waals surface area (Å²) in [5, 5.41) is 12.3. The van der Waals surface area contributed by atoms with Crippen LogP contribution in [0.2, 0.25) is 5.02 Å². The molecule has 1 aromatic carbocycles. The summed E-state index contributed by atoms with van der Waals surface area (Å²) in [6.07, 6.45) is 1.74. The van der Waals surface area contributed by atoms with E-state index >= 15 is 0 Å². The zero-order valence-electron chi connectivity index (χ0n) is 14.0. The van der Waals surface area contributed by atoms with Gasteiger partial charge in [-0.25, -0.2) is 9.97 Å². The molecule has 4 rings (SSSR count). The third-order valence-corrected chi connectivity index (χ3v) is 5.65. The molecule has 3 heterocycles. The van der Waals surface area contributed by atoms with E-state index in [9.17, 15) is 14.9 Å². The summed E-state index contributed by atoms with van der Waals surface area (Å²) in [6, 6.07) is 7.88. The van der Waals surface area contributed by atoms with Gasteiger partial charge in [-0.05, 0) is 24.3 Å². The molecular formula is C17H14ClN5O3S. The van der Waals surface area contributed by atoms with Crippen molar-refractivity contribution >= 4 is 50.0 Å². The molecule has 0 aliphatic carbocycles. The lowest BCUT2D eigenvalue weighted by atomic mass is 10.1. The molecular weight excluding hydrogens is 390 g/mol. The monoisotopic (exact) mass is 403 g/mol. The SMILES string of the molecule is O=C(c1ccc(Cl)cc1[N+](=O)[O-])N1CCN(c2nc3cccnc3s2)CC1. The molecule has 0 N–H and O–H groups in total. The normalized spacial score (nSPS) is 14.6. The molecule has 0 unspecified atom stereocenters. The van der Waals surface area contributed by atoms with Gasteiger partial charge in [0.1, 0.15) is 15.9 Å². The molecule has 2 aromatic heterocycles. The Hall–Kier alpha value is -2.78. The molecule has 1 fully saturated rings. The molecule has 1 aliphatic rings. The number of hydrogen-bond acceptors (Lipinski definition) is 7. The highest BCUT2D eigenvalue weighted by Crippen LogP contribution is 2.29. The van der Waals surface area contributed by atoms with E-state index in [1.165, 1.54) is 29.5 Å². The van der Waals surface area contributed by atoms with Gasteiger partial charge in [-0.2, -0.15) is 0 Å². The maximum Gasteiger partial charge on any atom is 0.283 e. The lowest BCUT2D eigenvalue weighted by Gasteiger charge is -2.34. The van der Waals surface area contributed by atoms with Crippen molar-refractivity contribution in [2.24, 2.45) is 0 Å². The van der Waals surface area contributed by atoms with Crippen LogP contribution in [-0.4, -0.2) is 51.9 Å². The Morgan fingerprint density at radius 3 is 2.70 bits per heavy atom. The second-order valence-electron chi connectivity index (χ2n) is 6.02. The van der Waals surface area contributed by atoms with Crippen LogP contribution < -0.4 is 4.90 Å². The van der Waals surface area contributed by atoms with E-state index in [0.29, 0.717) is 26.2 Å². The summed E-state index contributed by atoms with van der Waals surface area (Å²) in [4.78, 5) is 36.9.